The van der Waals surface area contributed by atoms with Gasteiger partial charge in [-0.05, 0) is 45.6 Å². The number of amides is 1. The van der Waals surface area contributed by atoms with E-state index in [0.29, 0.717) is 18.6 Å². The summed E-state index contributed by atoms with van der Waals surface area (Å²) in [6.45, 7) is 5.77. The monoisotopic (exact) mass is 253 g/mol. The summed E-state index contributed by atoms with van der Waals surface area (Å²) < 4.78 is 0. The molecule has 0 aliphatic carbocycles. The summed E-state index contributed by atoms with van der Waals surface area (Å²) in [5.74, 6) is 0.274. The van der Waals surface area contributed by atoms with Crippen LogP contribution in [0.25, 0.3) is 0 Å². The average molecular weight is 253 g/mol. The number of carbonyl (C=O) groups excluding carboxylic acids is 1. The van der Waals surface area contributed by atoms with Gasteiger partial charge in [0.1, 0.15) is 0 Å². The Morgan fingerprint density at radius 1 is 1.33 bits per heavy atom. The van der Waals surface area contributed by atoms with Crippen LogP contribution in [0.2, 0.25) is 0 Å². The van der Waals surface area contributed by atoms with Gasteiger partial charge in [-0.3, -0.25) is 4.79 Å². The minimum atomic E-state index is 0.274. The average Bonchev–Trinajstić information content (AvgIpc) is 2.91. The molecule has 0 aromatic carbocycles. The number of nitrogens with one attached hydrogen (secondary N) is 2. The van der Waals surface area contributed by atoms with Gasteiger partial charge < -0.3 is 15.5 Å². The molecule has 2 heterocycles. The third-order valence-electron chi connectivity index (χ3n) is 4.11. The molecule has 0 saturated carbocycles. The Labute approximate surface area is 110 Å². The Kier molecular flexibility index (Phi) is 5.45. The number of likely N-dealkylation sites (tertiary alicyclic amines) is 1. The Morgan fingerprint density at radius 2 is 2.11 bits per heavy atom. The molecule has 0 aromatic heterocycles. The Balaban J connectivity index is 1.61. The summed E-state index contributed by atoms with van der Waals surface area (Å²) in [5.41, 5.74) is 0. The molecule has 1 amide bonds. The van der Waals surface area contributed by atoms with Crippen molar-refractivity contribution in [3.63, 3.8) is 0 Å². The highest BCUT2D eigenvalue weighted by atomic mass is 16.2. The van der Waals surface area contributed by atoms with E-state index in [1.807, 2.05) is 4.90 Å². The van der Waals surface area contributed by atoms with Crippen molar-refractivity contribution in [2.45, 2.75) is 57.5 Å². The van der Waals surface area contributed by atoms with E-state index < -0.39 is 0 Å². The van der Waals surface area contributed by atoms with Crippen LogP contribution in [0, 0.1) is 0 Å². The van der Waals surface area contributed by atoms with Crippen LogP contribution in [0.3, 0.4) is 0 Å². The molecule has 0 radical (unpaired) electrons. The maximum absolute atomic E-state index is 11.9. The summed E-state index contributed by atoms with van der Waals surface area (Å²) in [4.78, 5) is 13.9. The van der Waals surface area contributed by atoms with Gasteiger partial charge in [0.2, 0.25) is 5.91 Å². The molecule has 104 valence electrons. The first-order chi connectivity index (χ1) is 8.75. The van der Waals surface area contributed by atoms with Gasteiger partial charge in [-0.2, -0.15) is 0 Å². The van der Waals surface area contributed by atoms with Crippen LogP contribution in [-0.2, 0) is 4.79 Å². The van der Waals surface area contributed by atoms with Gasteiger partial charge >= 0.3 is 0 Å². The smallest absolute Gasteiger partial charge is 0.236 e. The van der Waals surface area contributed by atoms with E-state index in [9.17, 15) is 4.79 Å². The molecule has 0 bridgehead atoms. The fraction of sp³-hybridized carbons (Fsp3) is 0.929. The Hall–Kier alpha value is -0.610. The van der Waals surface area contributed by atoms with Crippen LogP contribution in [0.4, 0.5) is 0 Å². The van der Waals surface area contributed by atoms with E-state index in [1.165, 1.54) is 32.1 Å². The van der Waals surface area contributed by atoms with Gasteiger partial charge in [0, 0.05) is 25.2 Å². The third-order valence-corrected chi connectivity index (χ3v) is 4.11. The van der Waals surface area contributed by atoms with Crippen LogP contribution >= 0.6 is 0 Å². The third kappa shape index (κ3) is 4.25. The SMILES string of the molecule is CC(CC1CCCCN1)NCC(=O)N1CCCC1. The zero-order valence-corrected chi connectivity index (χ0v) is 11.6. The normalized spacial score (nSPS) is 26.3. The molecule has 4 nitrogen and oxygen atoms in total. The van der Waals surface area contributed by atoms with Crippen molar-refractivity contribution in [3.8, 4) is 0 Å². The zero-order chi connectivity index (χ0) is 12.8. The first-order valence-corrected chi connectivity index (χ1v) is 7.50. The fourth-order valence-corrected chi connectivity index (χ4v) is 2.98. The van der Waals surface area contributed by atoms with E-state index in [-0.39, 0.29) is 5.91 Å². The van der Waals surface area contributed by atoms with Crippen molar-refractivity contribution in [1.82, 2.24) is 15.5 Å². The Bertz CT molecular complexity index is 258. The van der Waals surface area contributed by atoms with Crippen molar-refractivity contribution in [3.05, 3.63) is 0 Å². The summed E-state index contributed by atoms with van der Waals surface area (Å²) in [6.07, 6.45) is 7.42. The first kappa shape index (κ1) is 13.8. The van der Waals surface area contributed by atoms with Crippen LogP contribution in [-0.4, -0.2) is 49.1 Å². The second-order valence-electron chi connectivity index (χ2n) is 5.75. The Morgan fingerprint density at radius 3 is 2.78 bits per heavy atom. The van der Waals surface area contributed by atoms with Crippen molar-refractivity contribution in [2.24, 2.45) is 0 Å². The minimum Gasteiger partial charge on any atom is -0.342 e. The van der Waals surface area contributed by atoms with Crippen LogP contribution < -0.4 is 10.6 Å². The standard InChI is InChI=1S/C14H27N3O/c1-12(10-13-6-2-3-7-15-13)16-11-14(18)17-8-4-5-9-17/h12-13,15-16H,2-11H2,1H3. The quantitative estimate of drug-likeness (QED) is 0.772. The van der Waals surface area contributed by atoms with Crippen molar-refractivity contribution in [2.75, 3.05) is 26.2 Å². The molecular weight excluding hydrogens is 226 g/mol. The highest BCUT2D eigenvalue weighted by Crippen LogP contribution is 2.12. The van der Waals surface area contributed by atoms with Crippen molar-refractivity contribution < 1.29 is 4.79 Å². The van der Waals surface area contributed by atoms with E-state index in [0.717, 1.165) is 26.1 Å². The molecule has 2 N–H and O–H groups in total. The van der Waals surface area contributed by atoms with E-state index in [2.05, 4.69) is 17.6 Å². The number of carbonyl (C=O) groups is 1. The molecule has 2 rings (SSSR count). The molecule has 2 unspecified atom stereocenters. The van der Waals surface area contributed by atoms with Gasteiger partial charge in [-0.15, -0.1) is 0 Å². The van der Waals surface area contributed by atoms with Crippen LogP contribution in [0.5, 0.6) is 0 Å². The zero-order valence-electron chi connectivity index (χ0n) is 11.6. The number of piperidine rings is 1. The van der Waals surface area contributed by atoms with Crippen molar-refractivity contribution in [1.29, 1.82) is 0 Å². The van der Waals surface area contributed by atoms with Gasteiger partial charge in [-0.25, -0.2) is 0 Å². The minimum absolute atomic E-state index is 0.274. The first-order valence-electron chi connectivity index (χ1n) is 7.50. The van der Waals surface area contributed by atoms with E-state index in [4.69, 9.17) is 0 Å². The number of hydrogen-bond donors (Lipinski definition) is 2. The fourth-order valence-electron chi connectivity index (χ4n) is 2.98. The number of nitrogens with zero attached hydrogens (tertiary/aromatic N) is 1. The predicted octanol–water partition coefficient (Wildman–Crippen LogP) is 1.12. The molecule has 2 fully saturated rings. The molecule has 0 spiro atoms. The highest BCUT2D eigenvalue weighted by molar-refractivity contribution is 5.78. The number of hydrogen-bond acceptors (Lipinski definition) is 3. The second-order valence-corrected chi connectivity index (χ2v) is 5.75. The summed E-state index contributed by atoms with van der Waals surface area (Å²) >= 11 is 0. The molecule has 0 aromatic rings. The topological polar surface area (TPSA) is 44.4 Å². The lowest BCUT2D eigenvalue weighted by molar-refractivity contribution is -0.129. The van der Waals surface area contributed by atoms with E-state index in [1.54, 1.807) is 0 Å². The highest BCUT2D eigenvalue weighted by Gasteiger charge is 2.19. The van der Waals surface area contributed by atoms with Gasteiger partial charge in [0.05, 0.1) is 6.54 Å². The summed E-state index contributed by atoms with van der Waals surface area (Å²) in [6, 6.07) is 1.07. The molecule has 4 heteroatoms. The number of rotatable bonds is 5. The molecule has 2 aliphatic rings. The lowest BCUT2D eigenvalue weighted by Crippen LogP contribution is -2.43. The molecule has 2 atom stereocenters. The molecular formula is C14H27N3O. The molecule has 2 aliphatic heterocycles. The summed E-state index contributed by atoms with van der Waals surface area (Å²) in [5, 5.41) is 6.93. The van der Waals surface area contributed by atoms with Gasteiger partial charge in [-0.1, -0.05) is 6.42 Å². The largest absolute Gasteiger partial charge is 0.342 e. The summed E-state index contributed by atoms with van der Waals surface area (Å²) in [7, 11) is 0. The predicted molar refractivity (Wildman–Crippen MR) is 73.5 cm³/mol. The molecule has 18 heavy (non-hydrogen) atoms. The molecule has 2 saturated heterocycles. The van der Waals surface area contributed by atoms with Gasteiger partial charge in [0.25, 0.3) is 0 Å². The van der Waals surface area contributed by atoms with Gasteiger partial charge in [0.15, 0.2) is 0 Å². The van der Waals surface area contributed by atoms with E-state index >= 15 is 0 Å². The van der Waals surface area contributed by atoms with Crippen LogP contribution in [0.15, 0.2) is 0 Å². The van der Waals surface area contributed by atoms with Crippen molar-refractivity contribution >= 4 is 5.91 Å². The van der Waals surface area contributed by atoms with Crippen LogP contribution in [0.1, 0.15) is 45.4 Å². The lowest BCUT2D eigenvalue weighted by Gasteiger charge is -2.27. The maximum atomic E-state index is 11.9. The second kappa shape index (κ2) is 7.10. The lowest BCUT2D eigenvalue weighted by atomic mass is 9.99. The maximum Gasteiger partial charge on any atom is 0.236 e.